The molecule has 1 aromatic heterocycles. The number of hydrogen-bond acceptors (Lipinski definition) is 4. The summed E-state index contributed by atoms with van der Waals surface area (Å²) in [5, 5.41) is 0. The van der Waals surface area contributed by atoms with Crippen LogP contribution in [0.5, 0.6) is 0 Å². The lowest BCUT2D eigenvalue weighted by Crippen LogP contribution is -2.12. The highest BCUT2D eigenvalue weighted by Crippen LogP contribution is 2.12. The second-order valence-electron chi connectivity index (χ2n) is 3.79. The summed E-state index contributed by atoms with van der Waals surface area (Å²) in [7, 11) is 0. The Morgan fingerprint density at radius 1 is 1.29 bits per heavy atom. The molecule has 1 heterocycles. The molecule has 94 valence electrons. The molecule has 0 unspecified atom stereocenters. The normalized spacial score (nSPS) is 10.2. The van der Waals surface area contributed by atoms with Crippen LogP contribution in [-0.2, 0) is 11.2 Å². The van der Waals surface area contributed by atoms with Crippen molar-refractivity contribution in [2.75, 3.05) is 6.61 Å². The van der Waals surface area contributed by atoms with E-state index >= 15 is 0 Å². The van der Waals surface area contributed by atoms with Crippen molar-refractivity contribution in [3.8, 4) is 0 Å². The fraction of sp³-hybridized carbons (Fsp3) is 0.538. The zero-order valence-corrected chi connectivity index (χ0v) is 10.3. The molecule has 1 rings (SSSR count). The molecule has 0 saturated heterocycles. The van der Waals surface area contributed by atoms with Crippen molar-refractivity contribution in [3.05, 3.63) is 33.9 Å². The number of unbranched alkanes of at least 4 members (excludes halogenated alkanes) is 2. The van der Waals surface area contributed by atoms with Crippen LogP contribution < -0.4 is 5.63 Å². The number of ether oxygens (including phenoxy) is 1. The SMILES string of the molecule is CCCCCc1ccc(=O)oc1C(=O)OCC. The summed E-state index contributed by atoms with van der Waals surface area (Å²) in [6.07, 6.45) is 3.88. The van der Waals surface area contributed by atoms with E-state index in [-0.39, 0.29) is 12.4 Å². The number of esters is 1. The van der Waals surface area contributed by atoms with Gasteiger partial charge in [0, 0.05) is 11.6 Å². The molecule has 4 nitrogen and oxygen atoms in total. The molecule has 0 spiro atoms. The van der Waals surface area contributed by atoms with Crippen LogP contribution in [-0.4, -0.2) is 12.6 Å². The average molecular weight is 238 g/mol. The summed E-state index contributed by atoms with van der Waals surface area (Å²) < 4.78 is 9.78. The Labute approximate surface area is 101 Å². The molecule has 0 fully saturated rings. The third kappa shape index (κ3) is 4.06. The number of hydrogen-bond donors (Lipinski definition) is 0. The highest BCUT2D eigenvalue weighted by atomic mass is 16.5. The predicted molar refractivity (Wildman–Crippen MR) is 64.2 cm³/mol. The van der Waals surface area contributed by atoms with E-state index in [1.807, 2.05) is 0 Å². The molecule has 4 heteroatoms. The zero-order chi connectivity index (χ0) is 12.7. The van der Waals surface area contributed by atoms with Gasteiger partial charge >= 0.3 is 11.6 Å². The summed E-state index contributed by atoms with van der Waals surface area (Å²) in [5.74, 6) is -0.507. The van der Waals surface area contributed by atoms with Crippen molar-refractivity contribution in [1.29, 1.82) is 0 Å². The van der Waals surface area contributed by atoms with Gasteiger partial charge in [-0.15, -0.1) is 0 Å². The monoisotopic (exact) mass is 238 g/mol. The largest absolute Gasteiger partial charge is 0.460 e. The molecule has 0 saturated carbocycles. The van der Waals surface area contributed by atoms with Gasteiger partial charge < -0.3 is 9.15 Å². The minimum atomic E-state index is -0.559. The highest BCUT2D eigenvalue weighted by molar-refractivity contribution is 5.87. The first-order valence-corrected chi connectivity index (χ1v) is 5.99. The summed E-state index contributed by atoms with van der Waals surface area (Å²) in [6, 6.07) is 2.98. The van der Waals surface area contributed by atoms with Gasteiger partial charge in [-0.25, -0.2) is 9.59 Å². The van der Waals surface area contributed by atoms with E-state index in [2.05, 4.69) is 6.92 Å². The quantitative estimate of drug-likeness (QED) is 0.564. The molecule has 17 heavy (non-hydrogen) atoms. The van der Waals surface area contributed by atoms with Crippen LogP contribution in [0.1, 0.15) is 49.2 Å². The first kappa shape index (κ1) is 13.5. The fourth-order valence-corrected chi connectivity index (χ4v) is 1.58. The topological polar surface area (TPSA) is 56.5 Å². The van der Waals surface area contributed by atoms with E-state index in [1.165, 1.54) is 6.07 Å². The van der Waals surface area contributed by atoms with E-state index in [0.29, 0.717) is 0 Å². The lowest BCUT2D eigenvalue weighted by atomic mass is 10.1. The number of carbonyl (C=O) groups excluding carboxylic acids is 1. The zero-order valence-electron chi connectivity index (χ0n) is 10.3. The molecule has 0 atom stereocenters. The van der Waals surface area contributed by atoms with Crippen LogP contribution in [0.15, 0.2) is 21.3 Å². The first-order chi connectivity index (χ1) is 8.19. The van der Waals surface area contributed by atoms with E-state index in [0.717, 1.165) is 31.2 Å². The van der Waals surface area contributed by atoms with Crippen LogP contribution in [0, 0.1) is 0 Å². The third-order valence-corrected chi connectivity index (χ3v) is 2.43. The summed E-state index contributed by atoms with van der Waals surface area (Å²) in [4.78, 5) is 22.7. The molecule has 0 N–H and O–H groups in total. The predicted octanol–water partition coefficient (Wildman–Crippen LogP) is 2.55. The van der Waals surface area contributed by atoms with Gasteiger partial charge in [-0.3, -0.25) is 0 Å². The lowest BCUT2D eigenvalue weighted by Gasteiger charge is -2.06. The summed E-state index contributed by atoms with van der Waals surface area (Å²) >= 11 is 0. The van der Waals surface area contributed by atoms with Crippen molar-refractivity contribution < 1.29 is 13.9 Å². The summed E-state index contributed by atoms with van der Waals surface area (Å²) in [6.45, 7) is 4.10. The van der Waals surface area contributed by atoms with Gasteiger partial charge in [0.1, 0.15) is 0 Å². The van der Waals surface area contributed by atoms with E-state index in [4.69, 9.17) is 9.15 Å². The number of aryl methyl sites for hydroxylation is 1. The second kappa shape index (κ2) is 6.89. The van der Waals surface area contributed by atoms with Crippen molar-refractivity contribution in [2.24, 2.45) is 0 Å². The molecular formula is C13H18O4. The van der Waals surface area contributed by atoms with Gasteiger partial charge in [0.05, 0.1) is 6.61 Å². The van der Waals surface area contributed by atoms with Gasteiger partial charge in [-0.05, 0) is 25.8 Å². The lowest BCUT2D eigenvalue weighted by molar-refractivity contribution is 0.0482. The molecule has 0 aliphatic heterocycles. The molecule has 1 aromatic rings. The molecule has 0 bridgehead atoms. The minimum Gasteiger partial charge on any atom is -0.460 e. The first-order valence-electron chi connectivity index (χ1n) is 5.99. The van der Waals surface area contributed by atoms with Gasteiger partial charge in [0.25, 0.3) is 0 Å². The Kier molecular flexibility index (Phi) is 5.46. The summed E-state index contributed by atoms with van der Waals surface area (Å²) in [5.41, 5.74) is 0.226. The minimum absolute atomic E-state index is 0.0513. The van der Waals surface area contributed by atoms with Crippen LogP contribution in [0.2, 0.25) is 0 Å². The van der Waals surface area contributed by atoms with Crippen LogP contribution >= 0.6 is 0 Å². The van der Waals surface area contributed by atoms with Gasteiger partial charge in [-0.1, -0.05) is 19.8 Å². The highest BCUT2D eigenvalue weighted by Gasteiger charge is 2.15. The van der Waals surface area contributed by atoms with E-state index < -0.39 is 11.6 Å². The number of carbonyl (C=O) groups is 1. The third-order valence-electron chi connectivity index (χ3n) is 2.43. The Bertz CT molecular complexity index is 420. The Morgan fingerprint density at radius 2 is 2.06 bits per heavy atom. The number of rotatable bonds is 6. The molecule has 0 radical (unpaired) electrons. The van der Waals surface area contributed by atoms with Gasteiger partial charge in [0.2, 0.25) is 5.76 Å². The standard InChI is InChI=1S/C13H18O4/c1-3-5-6-7-10-8-9-11(14)17-12(10)13(15)16-4-2/h8-9H,3-7H2,1-2H3. The maximum Gasteiger partial charge on any atom is 0.374 e. The van der Waals surface area contributed by atoms with Crippen molar-refractivity contribution >= 4 is 5.97 Å². The van der Waals surface area contributed by atoms with E-state index in [9.17, 15) is 9.59 Å². The van der Waals surface area contributed by atoms with Crippen LogP contribution in [0.25, 0.3) is 0 Å². The van der Waals surface area contributed by atoms with Gasteiger partial charge in [0.15, 0.2) is 0 Å². The molecule has 0 aliphatic carbocycles. The Morgan fingerprint density at radius 3 is 2.71 bits per heavy atom. The molecular weight excluding hydrogens is 220 g/mol. The van der Waals surface area contributed by atoms with E-state index in [1.54, 1.807) is 13.0 Å². The van der Waals surface area contributed by atoms with Crippen LogP contribution in [0.4, 0.5) is 0 Å². The smallest absolute Gasteiger partial charge is 0.374 e. The van der Waals surface area contributed by atoms with Gasteiger partial charge in [-0.2, -0.15) is 0 Å². The second-order valence-corrected chi connectivity index (χ2v) is 3.79. The fourth-order valence-electron chi connectivity index (χ4n) is 1.58. The van der Waals surface area contributed by atoms with Crippen molar-refractivity contribution in [2.45, 2.75) is 39.5 Å². The molecule has 0 aliphatic rings. The molecule has 0 amide bonds. The maximum absolute atomic E-state index is 11.6. The Hall–Kier alpha value is -1.58. The Balaban J connectivity index is 2.87. The molecule has 0 aromatic carbocycles. The van der Waals surface area contributed by atoms with Crippen molar-refractivity contribution in [3.63, 3.8) is 0 Å². The average Bonchev–Trinajstić information content (AvgIpc) is 2.31. The van der Waals surface area contributed by atoms with Crippen LogP contribution in [0.3, 0.4) is 0 Å². The maximum atomic E-state index is 11.6. The van der Waals surface area contributed by atoms with Crippen molar-refractivity contribution in [1.82, 2.24) is 0 Å².